The fourth-order valence-electron chi connectivity index (χ4n) is 4.37. The van der Waals surface area contributed by atoms with Crippen LogP contribution in [0.25, 0.3) is 0 Å². The molecule has 0 unspecified atom stereocenters. The average Bonchev–Trinajstić information content (AvgIpc) is 3.21. The van der Waals surface area contributed by atoms with Crippen LogP contribution in [-0.2, 0) is 23.7 Å². The fraction of sp³-hybridized carbons (Fsp3) is 1.00. The number of ether oxygens (including phenoxy) is 5. The molecule has 0 atom stereocenters. The van der Waals surface area contributed by atoms with Crippen molar-refractivity contribution in [3.05, 3.63) is 0 Å². The minimum Gasteiger partial charge on any atom is -0.393 e. The normalized spacial score (nSPS) is 33.3. The third-order valence-electron chi connectivity index (χ3n) is 6.30. The molecule has 2 aliphatic heterocycles. The van der Waals surface area contributed by atoms with Crippen molar-refractivity contribution in [2.45, 2.75) is 88.0 Å². The van der Waals surface area contributed by atoms with Crippen LogP contribution in [0.2, 0.25) is 0 Å². The topological polar surface area (TPSA) is 66.4 Å². The Bertz CT molecular complexity index is 420. The summed E-state index contributed by atoms with van der Waals surface area (Å²) in [6, 6.07) is 0. The standard InChI is InChI=1S/C12H20O3.C8H14O3/c1-2-10(1)9-13-11-3-5-12(6-4-11)14-7-8-15-12;9-7-1-3-8(4-2-7)10-5-6-11-8/h10-11H,1-9H2;7,9H,1-6H2. The molecule has 5 aliphatic rings. The van der Waals surface area contributed by atoms with E-state index < -0.39 is 0 Å². The molecule has 2 spiro atoms. The van der Waals surface area contributed by atoms with E-state index in [1.165, 1.54) is 12.8 Å². The fourth-order valence-corrected chi connectivity index (χ4v) is 4.37. The molecule has 0 radical (unpaired) electrons. The van der Waals surface area contributed by atoms with Gasteiger partial charge in [0.15, 0.2) is 11.6 Å². The van der Waals surface area contributed by atoms with E-state index in [-0.39, 0.29) is 17.7 Å². The third kappa shape index (κ3) is 4.97. The van der Waals surface area contributed by atoms with Crippen molar-refractivity contribution in [2.24, 2.45) is 5.92 Å². The van der Waals surface area contributed by atoms with Gasteiger partial charge in [0, 0.05) is 32.3 Å². The van der Waals surface area contributed by atoms with E-state index in [2.05, 4.69) is 0 Å². The van der Waals surface area contributed by atoms with E-state index in [1.54, 1.807) is 0 Å². The zero-order chi connectivity index (χ0) is 17.9. The van der Waals surface area contributed by atoms with E-state index in [0.29, 0.717) is 6.10 Å². The Morgan fingerprint density at radius 2 is 1.15 bits per heavy atom. The highest BCUT2D eigenvalue weighted by molar-refractivity contribution is 4.84. The van der Waals surface area contributed by atoms with Gasteiger partial charge in [0.2, 0.25) is 0 Å². The summed E-state index contributed by atoms with van der Waals surface area (Å²) < 4.78 is 28.3. The summed E-state index contributed by atoms with van der Waals surface area (Å²) in [5.41, 5.74) is 0. The first-order valence-corrected chi connectivity index (χ1v) is 10.5. The van der Waals surface area contributed by atoms with Crippen molar-refractivity contribution < 1.29 is 28.8 Å². The second kappa shape index (κ2) is 8.41. The van der Waals surface area contributed by atoms with Crippen LogP contribution in [0.15, 0.2) is 0 Å². The number of aliphatic hydroxyl groups is 1. The highest BCUT2D eigenvalue weighted by atomic mass is 16.7. The minimum atomic E-state index is -0.306. The second-order valence-electron chi connectivity index (χ2n) is 8.42. The Labute approximate surface area is 156 Å². The summed E-state index contributed by atoms with van der Waals surface area (Å²) in [5.74, 6) is 0.346. The lowest BCUT2D eigenvalue weighted by Crippen LogP contribution is -2.37. The smallest absolute Gasteiger partial charge is 0.168 e. The quantitative estimate of drug-likeness (QED) is 0.824. The van der Waals surface area contributed by atoms with E-state index in [4.69, 9.17) is 23.7 Å². The van der Waals surface area contributed by atoms with Crippen molar-refractivity contribution in [3.8, 4) is 0 Å². The summed E-state index contributed by atoms with van der Waals surface area (Å²) in [6.07, 6.45) is 10.7. The molecule has 6 heteroatoms. The highest BCUT2D eigenvalue weighted by Gasteiger charge is 2.41. The molecule has 26 heavy (non-hydrogen) atoms. The van der Waals surface area contributed by atoms with Crippen molar-refractivity contribution in [3.63, 3.8) is 0 Å². The Hall–Kier alpha value is -0.240. The van der Waals surface area contributed by atoms with Gasteiger partial charge in [0.25, 0.3) is 0 Å². The molecule has 0 aromatic rings. The van der Waals surface area contributed by atoms with Crippen molar-refractivity contribution in [2.75, 3.05) is 33.0 Å². The maximum Gasteiger partial charge on any atom is 0.168 e. The number of rotatable bonds is 3. The molecule has 3 saturated carbocycles. The molecular formula is C20H34O6. The molecule has 1 N–H and O–H groups in total. The van der Waals surface area contributed by atoms with Gasteiger partial charge in [0.1, 0.15) is 0 Å². The van der Waals surface area contributed by atoms with Crippen molar-refractivity contribution >= 4 is 0 Å². The van der Waals surface area contributed by atoms with E-state index >= 15 is 0 Å². The van der Waals surface area contributed by atoms with Crippen LogP contribution >= 0.6 is 0 Å². The largest absolute Gasteiger partial charge is 0.393 e. The Kier molecular flexibility index (Phi) is 6.18. The van der Waals surface area contributed by atoms with Gasteiger partial charge in [-0.05, 0) is 44.4 Å². The van der Waals surface area contributed by atoms with Crippen LogP contribution in [-0.4, -0.2) is 61.9 Å². The zero-order valence-electron chi connectivity index (χ0n) is 15.8. The molecule has 6 nitrogen and oxygen atoms in total. The van der Waals surface area contributed by atoms with Crippen LogP contribution in [0.5, 0.6) is 0 Å². The van der Waals surface area contributed by atoms with E-state index in [9.17, 15) is 5.11 Å². The molecule has 0 bridgehead atoms. The van der Waals surface area contributed by atoms with Gasteiger partial charge in [-0.3, -0.25) is 0 Å². The van der Waals surface area contributed by atoms with Crippen LogP contribution in [0, 0.1) is 5.92 Å². The van der Waals surface area contributed by atoms with Crippen LogP contribution in [0.3, 0.4) is 0 Å². The zero-order valence-corrected chi connectivity index (χ0v) is 15.8. The molecular weight excluding hydrogens is 336 g/mol. The number of hydrogen-bond acceptors (Lipinski definition) is 6. The summed E-state index contributed by atoms with van der Waals surface area (Å²) in [7, 11) is 0. The van der Waals surface area contributed by atoms with Gasteiger partial charge < -0.3 is 28.8 Å². The molecule has 5 rings (SSSR count). The van der Waals surface area contributed by atoms with Gasteiger partial charge in [0.05, 0.1) is 38.6 Å². The lowest BCUT2D eigenvalue weighted by atomic mass is 9.92. The number of aliphatic hydroxyl groups excluding tert-OH is 1. The molecule has 2 heterocycles. The molecule has 0 aromatic carbocycles. The lowest BCUT2D eigenvalue weighted by Gasteiger charge is -2.35. The lowest BCUT2D eigenvalue weighted by molar-refractivity contribution is -0.192. The average molecular weight is 370 g/mol. The third-order valence-corrected chi connectivity index (χ3v) is 6.30. The van der Waals surface area contributed by atoms with Crippen molar-refractivity contribution in [1.29, 1.82) is 0 Å². The predicted octanol–water partition coefficient (Wildman–Crippen LogP) is 2.76. The predicted molar refractivity (Wildman–Crippen MR) is 94.7 cm³/mol. The van der Waals surface area contributed by atoms with Crippen LogP contribution in [0.1, 0.15) is 64.2 Å². The summed E-state index contributed by atoms with van der Waals surface area (Å²) in [6.45, 7) is 3.97. The first-order chi connectivity index (χ1) is 12.7. The van der Waals surface area contributed by atoms with E-state index in [0.717, 1.165) is 90.3 Å². The maximum absolute atomic E-state index is 9.24. The maximum atomic E-state index is 9.24. The molecule has 0 aromatic heterocycles. The van der Waals surface area contributed by atoms with Gasteiger partial charge in [-0.2, -0.15) is 0 Å². The van der Waals surface area contributed by atoms with Crippen molar-refractivity contribution in [1.82, 2.24) is 0 Å². The van der Waals surface area contributed by atoms with Gasteiger partial charge in [-0.1, -0.05) is 0 Å². The second-order valence-corrected chi connectivity index (χ2v) is 8.42. The van der Waals surface area contributed by atoms with Crippen LogP contribution < -0.4 is 0 Å². The van der Waals surface area contributed by atoms with Gasteiger partial charge in [-0.25, -0.2) is 0 Å². The Morgan fingerprint density at radius 3 is 1.62 bits per heavy atom. The molecule has 5 fully saturated rings. The van der Waals surface area contributed by atoms with Gasteiger partial charge in [-0.15, -0.1) is 0 Å². The molecule has 150 valence electrons. The minimum absolute atomic E-state index is 0.131. The summed E-state index contributed by atoms with van der Waals surface area (Å²) in [4.78, 5) is 0. The Balaban J connectivity index is 0.000000136. The molecule has 2 saturated heterocycles. The SMILES string of the molecule is C1COC2(CCC(OCC3CC3)CC2)O1.OC1CCC2(CC1)OCCO2. The number of hydrogen-bond donors (Lipinski definition) is 1. The van der Waals surface area contributed by atoms with E-state index in [1.807, 2.05) is 0 Å². The van der Waals surface area contributed by atoms with Gasteiger partial charge >= 0.3 is 0 Å². The first kappa shape index (κ1) is 19.1. The summed E-state index contributed by atoms with van der Waals surface area (Å²) >= 11 is 0. The monoisotopic (exact) mass is 370 g/mol. The Morgan fingerprint density at radius 1 is 0.692 bits per heavy atom. The highest BCUT2D eigenvalue weighted by Crippen LogP contribution is 2.38. The molecule has 3 aliphatic carbocycles. The molecule has 0 amide bonds. The first-order valence-electron chi connectivity index (χ1n) is 10.5. The van der Waals surface area contributed by atoms with Crippen LogP contribution in [0.4, 0.5) is 0 Å². The summed E-state index contributed by atoms with van der Waals surface area (Å²) in [5, 5.41) is 9.24.